The fourth-order valence-corrected chi connectivity index (χ4v) is 4.71. The molecule has 3 heterocycles. The van der Waals surface area contributed by atoms with Gasteiger partial charge in [0, 0.05) is 38.9 Å². The van der Waals surface area contributed by atoms with Crippen molar-refractivity contribution in [3.05, 3.63) is 47.3 Å². The Morgan fingerprint density at radius 1 is 1.16 bits per heavy atom. The normalized spacial score (nSPS) is 17.8. The maximum atomic E-state index is 13.4. The molecule has 2 aliphatic rings. The Labute approximate surface area is 186 Å². The summed E-state index contributed by atoms with van der Waals surface area (Å²) in [5.74, 6) is 0.975. The maximum Gasteiger partial charge on any atom is 0.431 e. The average Bonchev–Trinajstić information content (AvgIpc) is 3.24. The first-order valence-electron chi connectivity index (χ1n) is 10.9. The lowest BCUT2D eigenvalue weighted by Gasteiger charge is -2.45. The van der Waals surface area contributed by atoms with Gasteiger partial charge in [0.25, 0.3) is 5.91 Å². The molecule has 32 heavy (non-hydrogen) atoms. The van der Waals surface area contributed by atoms with E-state index in [2.05, 4.69) is 5.32 Å². The zero-order valence-electron chi connectivity index (χ0n) is 18.3. The number of nitrogens with zero attached hydrogens (tertiary/aromatic N) is 2. The molecule has 176 valence electrons. The lowest BCUT2D eigenvalue weighted by molar-refractivity contribution is -0.144. The lowest BCUT2D eigenvalue weighted by Crippen LogP contribution is -2.56. The second-order valence-electron chi connectivity index (χ2n) is 8.27. The lowest BCUT2D eigenvalue weighted by atomic mass is 9.83. The number of ether oxygens (including phenoxy) is 2. The Bertz CT molecular complexity index is 985. The van der Waals surface area contributed by atoms with Crippen LogP contribution in [0.4, 0.5) is 13.2 Å². The molecule has 1 aromatic heterocycles. The highest BCUT2D eigenvalue weighted by Gasteiger charge is 2.44. The smallest absolute Gasteiger partial charge is 0.431 e. The largest absolute Gasteiger partial charge is 0.493 e. The van der Waals surface area contributed by atoms with E-state index in [9.17, 15) is 18.0 Å². The van der Waals surface area contributed by atoms with Gasteiger partial charge in [0.1, 0.15) is 5.69 Å². The van der Waals surface area contributed by atoms with Crippen molar-refractivity contribution < 1.29 is 28.9 Å². The van der Waals surface area contributed by atoms with E-state index in [1.165, 1.54) is 11.7 Å². The SMILES string of the molecule is CCCOc1ccc(C(=O)N2CCC3(CC2)NCCn2c(C(F)(F)F)ccc23)cc1OC.[HH]. The second kappa shape index (κ2) is 8.69. The van der Waals surface area contributed by atoms with E-state index in [0.717, 1.165) is 12.5 Å². The van der Waals surface area contributed by atoms with Gasteiger partial charge < -0.3 is 24.3 Å². The molecule has 0 saturated carbocycles. The molecule has 0 aliphatic carbocycles. The number of methoxy groups -OCH3 is 1. The van der Waals surface area contributed by atoms with Gasteiger partial charge in [-0.1, -0.05) is 6.92 Å². The van der Waals surface area contributed by atoms with Crippen molar-refractivity contribution in [2.75, 3.05) is 33.4 Å². The fourth-order valence-electron chi connectivity index (χ4n) is 4.71. The Morgan fingerprint density at radius 2 is 1.91 bits per heavy atom. The quantitative estimate of drug-likeness (QED) is 0.734. The molecule has 2 aromatic rings. The number of carbonyl (C=O) groups excluding carboxylic acids is 1. The van der Waals surface area contributed by atoms with E-state index in [-0.39, 0.29) is 13.9 Å². The minimum absolute atomic E-state index is 0. The van der Waals surface area contributed by atoms with E-state index in [1.54, 1.807) is 29.2 Å². The van der Waals surface area contributed by atoms with Crippen LogP contribution in [0.3, 0.4) is 0 Å². The second-order valence-corrected chi connectivity index (χ2v) is 8.27. The molecule has 0 atom stereocenters. The summed E-state index contributed by atoms with van der Waals surface area (Å²) in [6.07, 6.45) is -2.41. The molecular weight excluding hydrogens is 423 g/mol. The van der Waals surface area contributed by atoms with Gasteiger partial charge in [-0.15, -0.1) is 0 Å². The molecule has 1 saturated heterocycles. The van der Waals surface area contributed by atoms with Crippen LogP contribution in [0, 0.1) is 0 Å². The molecule has 1 N–H and O–H groups in total. The monoisotopic (exact) mass is 453 g/mol. The zero-order chi connectivity index (χ0) is 22.9. The minimum atomic E-state index is -4.38. The number of likely N-dealkylation sites (tertiary alicyclic amines) is 1. The van der Waals surface area contributed by atoms with Gasteiger partial charge in [-0.3, -0.25) is 4.79 Å². The van der Waals surface area contributed by atoms with Crippen LogP contribution in [-0.4, -0.2) is 48.7 Å². The Hall–Kier alpha value is -2.68. The molecule has 2 aliphatic heterocycles. The van der Waals surface area contributed by atoms with Crippen LogP contribution < -0.4 is 14.8 Å². The van der Waals surface area contributed by atoms with Gasteiger partial charge in [0.2, 0.25) is 0 Å². The van der Waals surface area contributed by atoms with Crippen LogP contribution in [0.25, 0.3) is 0 Å². The number of alkyl halides is 3. The summed E-state index contributed by atoms with van der Waals surface area (Å²) in [7, 11) is 1.53. The number of amides is 1. The van der Waals surface area contributed by atoms with Crippen LogP contribution in [0.15, 0.2) is 30.3 Å². The number of fused-ring (bicyclic) bond motifs is 2. The van der Waals surface area contributed by atoms with Gasteiger partial charge in [0.15, 0.2) is 11.5 Å². The van der Waals surface area contributed by atoms with Crippen LogP contribution in [0.1, 0.15) is 49.4 Å². The molecule has 4 rings (SSSR count). The van der Waals surface area contributed by atoms with Crippen molar-refractivity contribution in [3.8, 4) is 11.5 Å². The van der Waals surface area contributed by atoms with Crippen molar-refractivity contribution >= 4 is 5.91 Å². The van der Waals surface area contributed by atoms with E-state index in [0.29, 0.717) is 61.8 Å². The summed E-state index contributed by atoms with van der Waals surface area (Å²) < 4.78 is 52.5. The zero-order valence-corrected chi connectivity index (χ0v) is 18.3. The molecule has 1 fully saturated rings. The van der Waals surface area contributed by atoms with Crippen molar-refractivity contribution in [3.63, 3.8) is 0 Å². The summed E-state index contributed by atoms with van der Waals surface area (Å²) in [5.41, 5.74) is 0.00116. The predicted molar refractivity (Wildman–Crippen MR) is 115 cm³/mol. The summed E-state index contributed by atoms with van der Waals surface area (Å²) >= 11 is 0. The van der Waals surface area contributed by atoms with E-state index in [4.69, 9.17) is 9.47 Å². The highest BCUT2D eigenvalue weighted by molar-refractivity contribution is 5.95. The number of carbonyl (C=O) groups is 1. The number of nitrogens with one attached hydrogen (secondary N) is 1. The maximum absolute atomic E-state index is 13.4. The number of benzene rings is 1. The van der Waals surface area contributed by atoms with Crippen LogP contribution in [-0.2, 0) is 18.3 Å². The molecular formula is C23H30F3N3O3. The summed E-state index contributed by atoms with van der Waals surface area (Å²) in [5, 5.41) is 3.44. The third kappa shape index (κ3) is 4.05. The van der Waals surface area contributed by atoms with E-state index >= 15 is 0 Å². The van der Waals surface area contributed by atoms with E-state index in [1.807, 2.05) is 6.92 Å². The summed E-state index contributed by atoms with van der Waals surface area (Å²) in [4.78, 5) is 14.9. The topological polar surface area (TPSA) is 55.7 Å². The molecule has 0 bridgehead atoms. The number of halogens is 3. The van der Waals surface area contributed by atoms with Crippen molar-refractivity contribution in [2.45, 2.75) is 44.4 Å². The summed E-state index contributed by atoms with van der Waals surface area (Å²) in [6.45, 7) is 4.23. The fraction of sp³-hybridized carbons (Fsp3) is 0.522. The van der Waals surface area contributed by atoms with Crippen LogP contribution in [0.2, 0.25) is 0 Å². The van der Waals surface area contributed by atoms with Gasteiger partial charge in [-0.25, -0.2) is 0 Å². The first-order valence-corrected chi connectivity index (χ1v) is 10.9. The molecule has 9 heteroatoms. The summed E-state index contributed by atoms with van der Waals surface area (Å²) in [6, 6.07) is 7.88. The Morgan fingerprint density at radius 3 is 2.56 bits per heavy atom. The molecule has 0 unspecified atom stereocenters. The third-order valence-electron chi connectivity index (χ3n) is 6.34. The highest BCUT2D eigenvalue weighted by atomic mass is 19.4. The number of aromatic nitrogens is 1. The van der Waals surface area contributed by atoms with Crippen LogP contribution >= 0.6 is 0 Å². The first-order chi connectivity index (χ1) is 15.3. The van der Waals surface area contributed by atoms with Gasteiger partial charge in [-0.2, -0.15) is 13.2 Å². The van der Waals surface area contributed by atoms with E-state index < -0.39 is 17.4 Å². The van der Waals surface area contributed by atoms with Crippen LogP contribution in [0.5, 0.6) is 11.5 Å². The highest BCUT2D eigenvalue weighted by Crippen LogP contribution is 2.40. The molecule has 6 nitrogen and oxygen atoms in total. The average molecular weight is 454 g/mol. The molecule has 1 amide bonds. The minimum Gasteiger partial charge on any atom is -0.493 e. The molecule has 0 radical (unpaired) electrons. The van der Waals surface area contributed by atoms with Gasteiger partial charge in [-0.05, 0) is 49.6 Å². The number of hydrogen-bond donors (Lipinski definition) is 1. The number of hydrogen-bond acceptors (Lipinski definition) is 4. The van der Waals surface area contributed by atoms with Crippen molar-refractivity contribution in [2.24, 2.45) is 0 Å². The van der Waals surface area contributed by atoms with Gasteiger partial charge in [0.05, 0.1) is 19.3 Å². The molecule has 1 spiro atoms. The Kier molecular flexibility index (Phi) is 6.11. The molecule has 1 aromatic carbocycles. The van der Waals surface area contributed by atoms with Crippen molar-refractivity contribution in [1.82, 2.24) is 14.8 Å². The van der Waals surface area contributed by atoms with Crippen molar-refractivity contribution in [1.29, 1.82) is 0 Å². The standard InChI is InChI=1S/C23H28F3N3O3.H2/c1-3-14-32-17-5-4-16(15-18(17)31-2)21(30)28-11-8-22(9-12-28)19-6-7-20(23(24,25)26)29(19)13-10-27-22;/h4-7,15,27H,3,8-14H2,1-2H3;1H. The number of rotatable bonds is 5. The Balaban J connectivity index is 0.00000306. The number of piperidine rings is 1. The third-order valence-corrected chi connectivity index (χ3v) is 6.34. The first kappa shape index (κ1) is 22.5. The predicted octanol–water partition coefficient (Wildman–Crippen LogP) is 4.29. The van der Waals surface area contributed by atoms with Gasteiger partial charge >= 0.3 is 6.18 Å².